The molecule has 1 heterocycles. The summed E-state index contributed by atoms with van der Waals surface area (Å²) in [4.78, 5) is 27.0. The van der Waals surface area contributed by atoms with Crippen molar-refractivity contribution in [1.82, 2.24) is 14.5 Å². The van der Waals surface area contributed by atoms with Crippen LogP contribution in [0.3, 0.4) is 0 Å². The Morgan fingerprint density at radius 3 is 2.42 bits per heavy atom. The summed E-state index contributed by atoms with van der Waals surface area (Å²) in [6.07, 6.45) is 1.53. The largest absolute Gasteiger partial charge is 0.484 e. The molecule has 0 bridgehead atoms. The average molecular weight is 520 g/mol. The lowest BCUT2D eigenvalue weighted by Crippen LogP contribution is -2.49. The maximum absolute atomic E-state index is 13.3. The van der Waals surface area contributed by atoms with E-state index in [0.29, 0.717) is 24.5 Å². The fourth-order valence-electron chi connectivity index (χ4n) is 3.56. The number of hydrogen-bond acceptors (Lipinski definition) is 6. The second-order valence-corrected chi connectivity index (χ2v) is 10.1. The molecule has 0 unspecified atom stereocenters. The van der Waals surface area contributed by atoms with E-state index in [4.69, 9.17) is 9.47 Å². The molecule has 0 radical (unpaired) electrons. The smallest absolute Gasteiger partial charge is 0.261 e. The number of ether oxygens (including phenoxy) is 2. The number of morpholine rings is 1. The van der Waals surface area contributed by atoms with Crippen LogP contribution in [0.15, 0.2) is 66.1 Å². The first-order valence-electron chi connectivity index (χ1n) is 11.5. The van der Waals surface area contributed by atoms with Gasteiger partial charge in [0, 0.05) is 26.2 Å². The van der Waals surface area contributed by atoms with E-state index in [1.807, 2.05) is 0 Å². The van der Waals surface area contributed by atoms with Crippen LogP contribution in [-0.4, -0.2) is 74.9 Å². The molecule has 0 aliphatic carbocycles. The number of halogens is 1. The topological polar surface area (TPSA) is 105 Å². The van der Waals surface area contributed by atoms with E-state index >= 15 is 0 Å². The molecule has 1 aliphatic rings. The molecule has 2 aromatic rings. The molecule has 194 valence electrons. The second kappa shape index (κ2) is 12.6. The fraction of sp³-hybridized carbons (Fsp3) is 0.360. The molecule has 1 fully saturated rings. The summed E-state index contributed by atoms with van der Waals surface area (Å²) in [7, 11) is -3.65. The number of nitrogens with one attached hydrogen (secondary N) is 1. The monoisotopic (exact) mass is 519 g/mol. The fourth-order valence-corrected chi connectivity index (χ4v) is 4.97. The number of hydrogen-bond donors (Lipinski definition) is 1. The highest BCUT2D eigenvalue weighted by molar-refractivity contribution is 7.89. The van der Waals surface area contributed by atoms with Crippen LogP contribution in [0.4, 0.5) is 4.39 Å². The van der Waals surface area contributed by atoms with E-state index < -0.39 is 27.8 Å². The highest BCUT2D eigenvalue weighted by Crippen LogP contribution is 2.21. The lowest BCUT2D eigenvalue weighted by Gasteiger charge is -2.28. The van der Waals surface area contributed by atoms with Gasteiger partial charge in [0.15, 0.2) is 6.61 Å². The summed E-state index contributed by atoms with van der Waals surface area (Å²) in [6.45, 7) is 6.37. The number of amides is 2. The van der Waals surface area contributed by atoms with Crippen molar-refractivity contribution < 1.29 is 31.9 Å². The van der Waals surface area contributed by atoms with Crippen LogP contribution in [0.25, 0.3) is 0 Å². The van der Waals surface area contributed by atoms with E-state index in [-0.39, 0.29) is 43.6 Å². The molecule has 1 atom stereocenters. The molecule has 0 saturated carbocycles. The van der Waals surface area contributed by atoms with Gasteiger partial charge in [0.25, 0.3) is 5.91 Å². The molecular weight excluding hydrogens is 489 g/mol. The van der Waals surface area contributed by atoms with Crippen LogP contribution in [0.2, 0.25) is 0 Å². The van der Waals surface area contributed by atoms with Crippen molar-refractivity contribution in [3.63, 3.8) is 0 Å². The highest BCUT2D eigenvalue weighted by Gasteiger charge is 2.28. The molecule has 1 saturated heterocycles. The van der Waals surface area contributed by atoms with Crippen molar-refractivity contribution in [3.8, 4) is 5.75 Å². The van der Waals surface area contributed by atoms with E-state index in [1.54, 1.807) is 19.1 Å². The van der Waals surface area contributed by atoms with E-state index in [1.165, 1.54) is 51.7 Å². The van der Waals surface area contributed by atoms with Crippen LogP contribution in [0, 0.1) is 5.82 Å². The summed E-state index contributed by atoms with van der Waals surface area (Å²) >= 11 is 0. The second-order valence-electron chi connectivity index (χ2n) is 8.13. The van der Waals surface area contributed by atoms with Crippen molar-refractivity contribution in [1.29, 1.82) is 0 Å². The van der Waals surface area contributed by atoms with Crippen LogP contribution < -0.4 is 10.1 Å². The number of carbonyl (C=O) groups excluding carboxylic acids is 2. The summed E-state index contributed by atoms with van der Waals surface area (Å²) in [5, 5.41) is 2.66. The Hall–Kier alpha value is -3.28. The van der Waals surface area contributed by atoms with Gasteiger partial charge >= 0.3 is 0 Å². The van der Waals surface area contributed by atoms with Crippen molar-refractivity contribution >= 4 is 21.8 Å². The molecule has 2 aromatic carbocycles. The first-order chi connectivity index (χ1) is 17.2. The lowest BCUT2D eigenvalue weighted by molar-refractivity contribution is -0.142. The van der Waals surface area contributed by atoms with Gasteiger partial charge in [-0.1, -0.05) is 18.2 Å². The Bertz CT molecular complexity index is 1150. The zero-order valence-electron chi connectivity index (χ0n) is 20.1. The van der Waals surface area contributed by atoms with E-state index in [2.05, 4.69) is 11.9 Å². The van der Waals surface area contributed by atoms with Crippen molar-refractivity contribution in [3.05, 3.63) is 72.6 Å². The third-order valence-electron chi connectivity index (χ3n) is 5.65. The Morgan fingerprint density at radius 1 is 1.17 bits per heavy atom. The summed E-state index contributed by atoms with van der Waals surface area (Å²) in [6, 6.07) is 10.6. The minimum Gasteiger partial charge on any atom is -0.484 e. The number of carbonyl (C=O) groups is 2. The van der Waals surface area contributed by atoms with Crippen LogP contribution in [0.5, 0.6) is 5.75 Å². The van der Waals surface area contributed by atoms with Gasteiger partial charge in [0.1, 0.15) is 17.6 Å². The van der Waals surface area contributed by atoms with E-state index in [0.717, 1.165) is 0 Å². The summed E-state index contributed by atoms with van der Waals surface area (Å²) in [5.41, 5.74) is 0.644. The van der Waals surface area contributed by atoms with Crippen LogP contribution in [0.1, 0.15) is 12.5 Å². The van der Waals surface area contributed by atoms with Gasteiger partial charge in [-0.25, -0.2) is 12.8 Å². The minimum atomic E-state index is -3.65. The van der Waals surface area contributed by atoms with Crippen molar-refractivity contribution in [2.45, 2.75) is 24.4 Å². The van der Waals surface area contributed by atoms with E-state index in [9.17, 15) is 22.4 Å². The van der Waals surface area contributed by atoms with Crippen molar-refractivity contribution in [2.24, 2.45) is 0 Å². The van der Waals surface area contributed by atoms with Crippen molar-refractivity contribution in [2.75, 3.05) is 39.5 Å². The number of sulfonamides is 1. The molecule has 3 rings (SSSR count). The van der Waals surface area contributed by atoms with Gasteiger partial charge in [0.05, 0.1) is 18.1 Å². The van der Waals surface area contributed by atoms with Gasteiger partial charge in [-0.05, 0) is 48.9 Å². The third-order valence-corrected chi connectivity index (χ3v) is 7.56. The van der Waals surface area contributed by atoms with Crippen LogP contribution >= 0.6 is 0 Å². The maximum atomic E-state index is 13.3. The van der Waals surface area contributed by atoms with Gasteiger partial charge in [-0.2, -0.15) is 4.31 Å². The molecule has 0 spiro atoms. The molecule has 2 amide bonds. The molecule has 0 aromatic heterocycles. The van der Waals surface area contributed by atoms with Gasteiger partial charge < -0.3 is 19.7 Å². The molecular formula is C25H30FN3O6S. The Morgan fingerprint density at radius 2 is 1.81 bits per heavy atom. The molecule has 9 nitrogen and oxygen atoms in total. The van der Waals surface area contributed by atoms with Gasteiger partial charge in [0.2, 0.25) is 15.9 Å². The van der Waals surface area contributed by atoms with Crippen LogP contribution in [-0.2, 0) is 30.9 Å². The quantitative estimate of drug-likeness (QED) is 0.455. The highest BCUT2D eigenvalue weighted by atomic mass is 32.2. The number of rotatable bonds is 11. The average Bonchev–Trinajstić information content (AvgIpc) is 2.90. The zero-order chi connectivity index (χ0) is 26.1. The molecule has 36 heavy (non-hydrogen) atoms. The normalized spacial score (nSPS) is 15.1. The SMILES string of the molecule is C=CCNC(=O)[C@@H](C)N(Cc1ccc(F)cc1)C(=O)COc1ccc(S(=O)(=O)N2CCOCC2)cc1. The zero-order valence-corrected chi connectivity index (χ0v) is 20.9. The molecule has 11 heteroatoms. The number of nitrogens with zero attached hydrogens (tertiary/aromatic N) is 2. The predicted molar refractivity (Wildman–Crippen MR) is 131 cm³/mol. The predicted octanol–water partition coefficient (Wildman–Crippen LogP) is 1.94. The first-order valence-corrected chi connectivity index (χ1v) is 12.9. The Kier molecular flexibility index (Phi) is 9.57. The maximum Gasteiger partial charge on any atom is 0.261 e. The summed E-state index contributed by atoms with van der Waals surface area (Å²) < 4.78 is 51.0. The van der Waals surface area contributed by atoms with Gasteiger partial charge in [-0.15, -0.1) is 6.58 Å². The first kappa shape index (κ1) is 27.3. The third kappa shape index (κ3) is 7.12. The minimum absolute atomic E-state index is 0.0713. The Balaban J connectivity index is 1.68. The molecule has 1 N–H and O–H groups in total. The Labute approximate surface area is 210 Å². The lowest BCUT2D eigenvalue weighted by atomic mass is 10.1. The summed E-state index contributed by atoms with van der Waals surface area (Å²) in [5.74, 6) is -0.945. The molecule has 1 aliphatic heterocycles. The number of benzene rings is 2. The standard InChI is InChI=1S/C25H30FN3O6S/c1-3-12-27-25(31)19(2)29(17-20-4-6-21(26)7-5-20)24(30)18-35-22-8-10-23(11-9-22)36(32,33)28-13-15-34-16-14-28/h3-11,19H,1,12-18H2,2H3,(H,27,31)/t19-/m1/s1. The van der Waals surface area contributed by atoms with Gasteiger partial charge in [-0.3, -0.25) is 9.59 Å².